The minimum absolute atomic E-state index is 0.185. The van der Waals surface area contributed by atoms with Gasteiger partial charge >= 0.3 is 0 Å². The highest BCUT2D eigenvalue weighted by Gasteiger charge is 2.27. The van der Waals surface area contributed by atoms with Crippen molar-refractivity contribution in [1.29, 1.82) is 0 Å². The number of amides is 1. The molecule has 8 nitrogen and oxygen atoms in total. The zero-order valence-corrected chi connectivity index (χ0v) is 18.0. The second-order valence-electron chi connectivity index (χ2n) is 7.27. The molecule has 0 radical (unpaired) electrons. The van der Waals surface area contributed by atoms with Crippen LogP contribution in [-0.4, -0.2) is 56.0 Å². The number of rotatable bonds is 8. The van der Waals surface area contributed by atoms with Crippen LogP contribution >= 0.6 is 0 Å². The zero-order chi connectivity index (χ0) is 22.3. The standard InChI is InChI=1S/C24H25N3O5/c1-29-10-11-31-21-6-5-20-19(23(21)16-7-9-26-22(12-16)30-2)13-18(15-32-20)27-24(28)17-4-3-8-25-14-17/h3-9,12,14,18H,10-11,13,15H2,1-2H3,(H,27,28)/t18-/m0/s1. The maximum Gasteiger partial charge on any atom is 0.253 e. The van der Waals surface area contributed by atoms with Crippen molar-refractivity contribution < 1.29 is 23.7 Å². The molecule has 1 atom stereocenters. The lowest BCUT2D eigenvalue weighted by atomic mass is 9.92. The van der Waals surface area contributed by atoms with Gasteiger partial charge in [0.05, 0.1) is 25.3 Å². The molecule has 1 aliphatic rings. The van der Waals surface area contributed by atoms with Crippen molar-refractivity contribution in [2.45, 2.75) is 12.5 Å². The van der Waals surface area contributed by atoms with E-state index in [1.807, 2.05) is 24.3 Å². The van der Waals surface area contributed by atoms with Crippen LogP contribution in [-0.2, 0) is 11.2 Å². The fourth-order valence-corrected chi connectivity index (χ4v) is 3.65. The summed E-state index contributed by atoms with van der Waals surface area (Å²) in [4.78, 5) is 20.9. The highest BCUT2D eigenvalue weighted by Crippen LogP contribution is 2.41. The Balaban J connectivity index is 1.66. The molecule has 8 heteroatoms. The van der Waals surface area contributed by atoms with Gasteiger partial charge in [-0.2, -0.15) is 0 Å². The SMILES string of the molecule is COCCOc1ccc2c(c1-c1ccnc(OC)c1)C[C@H](NC(=O)c1cccnc1)CO2. The molecule has 2 aromatic heterocycles. The number of carbonyl (C=O) groups is 1. The molecule has 1 aliphatic heterocycles. The third kappa shape index (κ3) is 4.81. The number of aromatic nitrogens is 2. The molecule has 0 fully saturated rings. The van der Waals surface area contributed by atoms with Crippen LogP contribution in [0.2, 0.25) is 0 Å². The van der Waals surface area contributed by atoms with E-state index < -0.39 is 0 Å². The van der Waals surface area contributed by atoms with Gasteiger partial charge in [-0.15, -0.1) is 0 Å². The van der Waals surface area contributed by atoms with Gasteiger partial charge in [-0.1, -0.05) is 0 Å². The average Bonchev–Trinajstić information content (AvgIpc) is 2.84. The van der Waals surface area contributed by atoms with Crippen molar-refractivity contribution in [2.24, 2.45) is 0 Å². The van der Waals surface area contributed by atoms with Gasteiger partial charge in [0.25, 0.3) is 5.91 Å². The molecule has 0 unspecified atom stereocenters. The van der Waals surface area contributed by atoms with Crippen molar-refractivity contribution >= 4 is 5.91 Å². The zero-order valence-electron chi connectivity index (χ0n) is 18.0. The first-order chi connectivity index (χ1) is 15.7. The van der Waals surface area contributed by atoms with Crippen molar-refractivity contribution in [3.63, 3.8) is 0 Å². The van der Waals surface area contributed by atoms with Crippen LogP contribution in [0.3, 0.4) is 0 Å². The molecule has 0 saturated heterocycles. The highest BCUT2D eigenvalue weighted by molar-refractivity contribution is 5.94. The molecular weight excluding hydrogens is 410 g/mol. The summed E-state index contributed by atoms with van der Waals surface area (Å²) >= 11 is 0. The average molecular weight is 435 g/mol. The normalized spacial score (nSPS) is 14.8. The summed E-state index contributed by atoms with van der Waals surface area (Å²) in [5.41, 5.74) is 3.24. The first-order valence-electron chi connectivity index (χ1n) is 10.3. The van der Waals surface area contributed by atoms with Crippen molar-refractivity contribution in [1.82, 2.24) is 15.3 Å². The lowest BCUT2D eigenvalue weighted by Gasteiger charge is -2.29. The van der Waals surface area contributed by atoms with E-state index in [0.29, 0.717) is 43.4 Å². The molecule has 0 aliphatic carbocycles. The predicted molar refractivity (Wildman–Crippen MR) is 118 cm³/mol. The topological polar surface area (TPSA) is 91.8 Å². The maximum absolute atomic E-state index is 12.6. The number of benzene rings is 1. The smallest absolute Gasteiger partial charge is 0.253 e. The van der Waals surface area contributed by atoms with Gasteiger partial charge in [0.2, 0.25) is 5.88 Å². The van der Waals surface area contributed by atoms with Crippen LogP contribution in [0.1, 0.15) is 15.9 Å². The quantitative estimate of drug-likeness (QED) is 0.544. The molecule has 0 spiro atoms. The van der Waals surface area contributed by atoms with Crippen LogP contribution in [0.25, 0.3) is 11.1 Å². The highest BCUT2D eigenvalue weighted by atomic mass is 16.5. The van der Waals surface area contributed by atoms with Gasteiger partial charge < -0.3 is 24.3 Å². The number of ether oxygens (including phenoxy) is 4. The molecule has 4 rings (SSSR count). The summed E-state index contributed by atoms with van der Waals surface area (Å²) in [6, 6.07) is 10.8. The van der Waals surface area contributed by atoms with E-state index in [0.717, 1.165) is 22.4 Å². The second kappa shape index (κ2) is 10.1. The fourth-order valence-electron chi connectivity index (χ4n) is 3.65. The number of fused-ring (bicyclic) bond motifs is 1. The molecule has 0 bridgehead atoms. The lowest BCUT2D eigenvalue weighted by Crippen LogP contribution is -2.42. The van der Waals surface area contributed by atoms with Crippen LogP contribution in [0.5, 0.6) is 17.4 Å². The molecule has 0 saturated carbocycles. The fraction of sp³-hybridized carbons (Fsp3) is 0.292. The summed E-state index contributed by atoms with van der Waals surface area (Å²) in [6.45, 7) is 1.25. The van der Waals surface area contributed by atoms with Crippen molar-refractivity contribution in [3.8, 4) is 28.5 Å². The van der Waals surface area contributed by atoms with E-state index in [4.69, 9.17) is 18.9 Å². The Morgan fingerprint density at radius 1 is 1.19 bits per heavy atom. The first kappa shape index (κ1) is 21.6. The molecule has 1 N–H and O–H groups in total. The van der Waals surface area contributed by atoms with Crippen LogP contribution in [0, 0.1) is 0 Å². The number of pyridine rings is 2. The van der Waals surface area contributed by atoms with Crippen LogP contribution in [0.4, 0.5) is 0 Å². The van der Waals surface area contributed by atoms with E-state index in [2.05, 4.69) is 15.3 Å². The van der Waals surface area contributed by atoms with Crippen molar-refractivity contribution in [2.75, 3.05) is 34.0 Å². The minimum Gasteiger partial charge on any atom is -0.491 e. The number of nitrogens with zero attached hydrogens (tertiary/aromatic N) is 2. The van der Waals surface area contributed by atoms with Gasteiger partial charge in [-0.3, -0.25) is 9.78 Å². The van der Waals surface area contributed by atoms with E-state index in [1.165, 1.54) is 0 Å². The Morgan fingerprint density at radius 3 is 2.88 bits per heavy atom. The molecule has 3 heterocycles. The minimum atomic E-state index is -0.202. The van der Waals surface area contributed by atoms with Gasteiger partial charge in [-0.25, -0.2) is 4.98 Å². The summed E-state index contributed by atoms with van der Waals surface area (Å²) in [6.07, 6.45) is 5.46. The third-order valence-electron chi connectivity index (χ3n) is 5.16. The van der Waals surface area contributed by atoms with Gasteiger partial charge in [0.1, 0.15) is 24.7 Å². The van der Waals surface area contributed by atoms with Gasteiger partial charge in [0, 0.05) is 49.3 Å². The summed E-state index contributed by atoms with van der Waals surface area (Å²) in [5.74, 6) is 1.79. The molecule has 166 valence electrons. The largest absolute Gasteiger partial charge is 0.491 e. The summed E-state index contributed by atoms with van der Waals surface area (Å²) in [7, 11) is 3.21. The van der Waals surface area contributed by atoms with Crippen LogP contribution < -0.4 is 19.5 Å². The molecular formula is C24H25N3O5. The van der Waals surface area contributed by atoms with E-state index in [9.17, 15) is 4.79 Å². The van der Waals surface area contributed by atoms with Gasteiger partial charge in [0.15, 0.2) is 0 Å². The van der Waals surface area contributed by atoms with E-state index >= 15 is 0 Å². The molecule has 3 aromatic rings. The first-order valence-corrected chi connectivity index (χ1v) is 10.3. The number of methoxy groups -OCH3 is 2. The van der Waals surface area contributed by atoms with Gasteiger partial charge in [-0.05, 0) is 35.9 Å². The lowest BCUT2D eigenvalue weighted by molar-refractivity contribution is 0.0915. The number of hydrogen-bond acceptors (Lipinski definition) is 7. The Labute approximate surface area is 186 Å². The van der Waals surface area contributed by atoms with E-state index in [-0.39, 0.29) is 11.9 Å². The second-order valence-corrected chi connectivity index (χ2v) is 7.27. The molecule has 1 amide bonds. The Morgan fingerprint density at radius 2 is 2.09 bits per heavy atom. The van der Waals surface area contributed by atoms with E-state index in [1.54, 1.807) is 44.9 Å². The number of carbonyl (C=O) groups excluding carboxylic acids is 1. The third-order valence-corrected chi connectivity index (χ3v) is 5.16. The Bertz CT molecular complexity index is 1070. The number of nitrogens with one attached hydrogen (secondary N) is 1. The Hall–Kier alpha value is -3.65. The summed E-state index contributed by atoms with van der Waals surface area (Å²) < 4.78 is 22.5. The Kier molecular flexibility index (Phi) is 6.81. The predicted octanol–water partition coefficient (Wildman–Crippen LogP) is 2.91. The molecule has 32 heavy (non-hydrogen) atoms. The van der Waals surface area contributed by atoms with Crippen LogP contribution in [0.15, 0.2) is 55.0 Å². The van der Waals surface area contributed by atoms with Crippen molar-refractivity contribution in [3.05, 3.63) is 66.1 Å². The maximum atomic E-state index is 12.6. The molecule has 1 aromatic carbocycles. The monoisotopic (exact) mass is 435 g/mol. The number of hydrogen-bond donors (Lipinski definition) is 1. The summed E-state index contributed by atoms with van der Waals surface area (Å²) in [5, 5.41) is 3.05.